The highest BCUT2D eigenvalue weighted by molar-refractivity contribution is 7.47. The van der Waals surface area contributed by atoms with Crippen molar-refractivity contribution in [2.24, 2.45) is 0 Å². The number of aliphatic hydroxyl groups excluding tert-OH is 1. The predicted octanol–water partition coefficient (Wildman–Crippen LogP) is 17.1. The normalized spacial score (nSPS) is 14.5. The molecule has 0 bridgehead atoms. The lowest BCUT2D eigenvalue weighted by Crippen LogP contribution is -2.45. The van der Waals surface area contributed by atoms with Crippen LogP contribution in [0.1, 0.15) is 245 Å². The van der Waals surface area contributed by atoms with Crippen LogP contribution in [-0.2, 0) is 18.4 Å². The van der Waals surface area contributed by atoms with E-state index in [9.17, 15) is 19.4 Å². The molecule has 0 fully saturated rings. The number of unbranched alkanes of at least 4 members (excludes halogenated alkanes) is 28. The van der Waals surface area contributed by atoms with Gasteiger partial charge in [-0.2, -0.15) is 0 Å². The van der Waals surface area contributed by atoms with Gasteiger partial charge >= 0.3 is 7.82 Å². The SMILES string of the molecule is CCCCCCC/C=C\C/C=C\C/C=C\CCCCCCCCC(=O)NC(COP(=O)(O)OCC[N+](C)(C)C)C(O)/C=C/CC/C=C/CC/C=C/CCCCCCCCCCCCCCCCC. The lowest BCUT2D eigenvalue weighted by molar-refractivity contribution is -0.870. The third kappa shape index (κ3) is 51.8. The number of hydrogen-bond donors (Lipinski definition) is 3. The summed E-state index contributed by atoms with van der Waals surface area (Å²) in [4.78, 5) is 23.3. The molecule has 3 atom stereocenters. The number of amides is 1. The average molecular weight is 975 g/mol. The van der Waals surface area contributed by atoms with Crippen LogP contribution < -0.4 is 5.32 Å². The maximum Gasteiger partial charge on any atom is 0.472 e. The second kappa shape index (κ2) is 49.9. The molecule has 0 aromatic rings. The summed E-state index contributed by atoms with van der Waals surface area (Å²) in [5.41, 5.74) is 0. The number of quaternary nitrogens is 1. The van der Waals surface area contributed by atoms with Crippen LogP contribution in [0.2, 0.25) is 0 Å². The predicted molar refractivity (Wildman–Crippen MR) is 295 cm³/mol. The minimum Gasteiger partial charge on any atom is -0.387 e. The van der Waals surface area contributed by atoms with Gasteiger partial charge < -0.3 is 19.8 Å². The highest BCUT2D eigenvalue weighted by atomic mass is 31.2. The highest BCUT2D eigenvalue weighted by Gasteiger charge is 2.27. The molecule has 1 amide bonds. The summed E-state index contributed by atoms with van der Waals surface area (Å²) < 4.78 is 23.7. The number of carbonyl (C=O) groups excluding carboxylic acids is 1. The Bertz CT molecular complexity index is 1330. The van der Waals surface area contributed by atoms with Crippen LogP contribution in [0.5, 0.6) is 0 Å². The monoisotopic (exact) mass is 974 g/mol. The number of likely N-dealkylation sites (N-methyl/N-ethyl adjacent to an activating group) is 1. The van der Waals surface area contributed by atoms with Crippen LogP contribution >= 0.6 is 7.82 Å². The van der Waals surface area contributed by atoms with Crippen molar-refractivity contribution in [2.45, 2.75) is 257 Å². The maximum atomic E-state index is 13.0. The third-order valence-corrected chi connectivity index (χ3v) is 13.4. The van der Waals surface area contributed by atoms with Crippen LogP contribution in [-0.4, -0.2) is 73.4 Å². The highest BCUT2D eigenvalue weighted by Crippen LogP contribution is 2.43. The molecule has 0 rings (SSSR count). The lowest BCUT2D eigenvalue weighted by atomic mass is 10.0. The summed E-state index contributed by atoms with van der Waals surface area (Å²) in [6, 6.07) is -0.881. The smallest absolute Gasteiger partial charge is 0.387 e. The van der Waals surface area contributed by atoms with Gasteiger partial charge in [0.25, 0.3) is 0 Å². The number of allylic oxidation sites excluding steroid dienone is 11. The fourth-order valence-electron chi connectivity index (χ4n) is 7.90. The van der Waals surface area contributed by atoms with Crippen molar-refractivity contribution in [1.82, 2.24) is 5.32 Å². The van der Waals surface area contributed by atoms with E-state index in [-0.39, 0.29) is 19.1 Å². The van der Waals surface area contributed by atoms with Gasteiger partial charge in [0.1, 0.15) is 13.2 Å². The van der Waals surface area contributed by atoms with Gasteiger partial charge in [0, 0.05) is 6.42 Å². The molecule has 9 heteroatoms. The molecule has 0 saturated carbocycles. The van der Waals surface area contributed by atoms with E-state index < -0.39 is 20.0 Å². The molecule has 0 radical (unpaired) electrons. The van der Waals surface area contributed by atoms with Crippen LogP contribution in [0.3, 0.4) is 0 Å². The zero-order chi connectivity index (χ0) is 49.9. The fraction of sp³-hybridized carbons (Fsp3) is 0.780. The second-order valence-electron chi connectivity index (χ2n) is 20.3. The first kappa shape index (κ1) is 65.9. The van der Waals surface area contributed by atoms with Crippen molar-refractivity contribution in [3.63, 3.8) is 0 Å². The lowest BCUT2D eigenvalue weighted by Gasteiger charge is -2.25. The Labute approximate surface area is 421 Å². The number of carbonyl (C=O) groups is 1. The Morgan fingerprint density at radius 2 is 0.853 bits per heavy atom. The van der Waals surface area contributed by atoms with Gasteiger partial charge in [0.2, 0.25) is 5.91 Å². The molecule has 3 unspecified atom stereocenters. The number of rotatable bonds is 51. The van der Waals surface area contributed by atoms with E-state index in [1.807, 2.05) is 27.2 Å². The summed E-state index contributed by atoms with van der Waals surface area (Å²) in [5, 5.41) is 13.9. The largest absolute Gasteiger partial charge is 0.472 e. The zero-order valence-electron chi connectivity index (χ0n) is 45.1. The molecule has 0 aliphatic rings. The van der Waals surface area contributed by atoms with E-state index in [0.29, 0.717) is 17.4 Å². The van der Waals surface area contributed by atoms with E-state index >= 15 is 0 Å². The van der Waals surface area contributed by atoms with Crippen molar-refractivity contribution in [1.29, 1.82) is 0 Å². The Morgan fingerprint density at radius 1 is 0.500 bits per heavy atom. The zero-order valence-corrected chi connectivity index (χ0v) is 46.0. The van der Waals surface area contributed by atoms with Gasteiger partial charge in [-0.1, -0.05) is 228 Å². The fourth-order valence-corrected chi connectivity index (χ4v) is 8.64. The molecule has 68 heavy (non-hydrogen) atoms. The van der Waals surface area contributed by atoms with Gasteiger partial charge in [-0.15, -0.1) is 0 Å². The van der Waals surface area contributed by atoms with Gasteiger partial charge in [-0.3, -0.25) is 13.8 Å². The van der Waals surface area contributed by atoms with Gasteiger partial charge in [0.05, 0.1) is 39.9 Å². The summed E-state index contributed by atoms with van der Waals surface area (Å²) in [6.45, 7) is 4.77. The number of phosphoric ester groups is 1. The molecule has 0 spiro atoms. The minimum absolute atomic E-state index is 0.0477. The number of hydrogen-bond acceptors (Lipinski definition) is 5. The van der Waals surface area contributed by atoms with E-state index in [1.54, 1.807) is 6.08 Å². The molecule has 0 aliphatic heterocycles. The summed E-state index contributed by atoms with van der Waals surface area (Å²) in [6.07, 6.45) is 68.6. The summed E-state index contributed by atoms with van der Waals surface area (Å²) in [7, 11) is 1.53. The minimum atomic E-state index is -4.37. The maximum absolute atomic E-state index is 13.0. The van der Waals surface area contributed by atoms with E-state index in [2.05, 4.69) is 79.9 Å². The van der Waals surface area contributed by atoms with Crippen molar-refractivity contribution in [3.8, 4) is 0 Å². The first-order valence-corrected chi connectivity index (χ1v) is 29.8. The number of nitrogens with one attached hydrogen (secondary N) is 1. The first-order chi connectivity index (χ1) is 33.0. The molecular weight excluding hydrogens is 864 g/mol. The van der Waals surface area contributed by atoms with Gasteiger partial charge in [0.15, 0.2) is 0 Å². The van der Waals surface area contributed by atoms with Crippen LogP contribution in [0, 0.1) is 0 Å². The Kier molecular flexibility index (Phi) is 48.4. The Hall–Kier alpha value is -2.06. The summed E-state index contributed by atoms with van der Waals surface area (Å²) >= 11 is 0. The van der Waals surface area contributed by atoms with Crippen molar-refractivity contribution in [2.75, 3.05) is 40.9 Å². The van der Waals surface area contributed by atoms with Crippen LogP contribution in [0.4, 0.5) is 0 Å². The molecular formula is C59H110N2O6P+. The van der Waals surface area contributed by atoms with Crippen molar-refractivity contribution >= 4 is 13.7 Å². The van der Waals surface area contributed by atoms with E-state index in [1.165, 1.54) is 154 Å². The third-order valence-electron chi connectivity index (χ3n) is 12.4. The molecule has 0 heterocycles. The number of aliphatic hydroxyl groups is 1. The van der Waals surface area contributed by atoms with E-state index in [0.717, 1.165) is 70.6 Å². The van der Waals surface area contributed by atoms with Crippen LogP contribution in [0.25, 0.3) is 0 Å². The summed E-state index contributed by atoms with van der Waals surface area (Å²) in [5.74, 6) is -0.204. The molecule has 0 aromatic carbocycles. The topological polar surface area (TPSA) is 105 Å². The van der Waals surface area contributed by atoms with Gasteiger partial charge in [-0.05, 0) is 83.5 Å². The molecule has 8 nitrogen and oxygen atoms in total. The Balaban J connectivity index is 4.36. The molecule has 0 aliphatic carbocycles. The number of nitrogens with zero attached hydrogens (tertiary/aromatic N) is 1. The molecule has 396 valence electrons. The van der Waals surface area contributed by atoms with Gasteiger partial charge in [-0.25, -0.2) is 4.57 Å². The molecule has 3 N–H and O–H groups in total. The van der Waals surface area contributed by atoms with Crippen LogP contribution in [0.15, 0.2) is 72.9 Å². The second-order valence-corrected chi connectivity index (χ2v) is 21.7. The van der Waals surface area contributed by atoms with Crippen molar-refractivity contribution in [3.05, 3.63) is 72.9 Å². The molecule has 0 saturated heterocycles. The Morgan fingerprint density at radius 3 is 1.28 bits per heavy atom. The van der Waals surface area contributed by atoms with Crippen molar-refractivity contribution < 1.29 is 32.9 Å². The standard InChI is InChI=1S/C59H109N2O6P/c1-6-8-10-12-14-16-18-20-22-24-26-28-29-30-31-33-34-36-38-40-42-44-46-48-50-52-58(62)57(56-67-68(64,65)66-55-54-61(3,4)5)60-59(63)53-51-49-47-45-43-41-39-37-35-32-27-25-23-21-19-17-15-13-11-9-7-2/h19,21,25,27,34-37,42,44,50,52,57-58,62H,6-18,20,22-24,26,28-33,38-41,43,45-49,51,53-56H2,1-5H3,(H-,60,63,64,65)/p+1/b21-19-,27-25-,36-34+,37-35-,44-42+,52-50+. The first-order valence-electron chi connectivity index (χ1n) is 28.3. The number of phosphoric acid groups is 1. The average Bonchev–Trinajstić information content (AvgIpc) is 3.30. The molecule has 0 aromatic heterocycles. The van der Waals surface area contributed by atoms with E-state index in [4.69, 9.17) is 9.05 Å². The quantitative estimate of drug-likeness (QED) is 0.0243.